The summed E-state index contributed by atoms with van der Waals surface area (Å²) in [5.41, 5.74) is 0. The number of carbonyl (C=O) groups is 2. The van der Waals surface area contributed by atoms with E-state index in [1.807, 2.05) is 6.92 Å². The molecule has 4 rings (SSSR count). The van der Waals surface area contributed by atoms with E-state index in [1.165, 1.54) is 0 Å². The van der Waals surface area contributed by atoms with Crippen LogP contribution in [0.1, 0.15) is 12.2 Å². The highest BCUT2D eigenvalue weighted by molar-refractivity contribution is 7.91. The van der Waals surface area contributed by atoms with E-state index >= 15 is 0 Å². The van der Waals surface area contributed by atoms with Gasteiger partial charge in [-0.05, 0) is 42.0 Å². The molecule has 0 radical (unpaired) electrons. The second kappa shape index (κ2) is 9.52. The Kier molecular flexibility index (Phi) is 6.71. The largest absolute Gasteiger partial charge is 0.339 e. The number of piperazine rings is 1. The van der Waals surface area contributed by atoms with Crippen molar-refractivity contribution in [1.29, 1.82) is 0 Å². The van der Waals surface area contributed by atoms with Crippen LogP contribution in [-0.2, 0) is 26.0 Å². The second-order valence-corrected chi connectivity index (χ2v) is 10.6. The molecule has 33 heavy (non-hydrogen) atoms. The van der Waals surface area contributed by atoms with Crippen LogP contribution in [0.15, 0.2) is 53.7 Å². The molecule has 0 atom stereocenters. The van der Waals surface area contributed by atoms with E-state index < -0.39 is 9.84 Å². The van der Waals surface area contributed by atoms with Crippen LogP contribution < -0.4 is 0 Å². The van der Waals surface area contributed by atoms with Crippen molar-refractivity contribution in [2.45, 2.75) is 24.8 Å². The number of imidazole rings is 1. The van der Waals surface area contributed by atoms with Crippen LogP contribution in [0.4, 0.5) is 0 Å². The highest BCUT2D eigenvalue weighted by Crippen LogP contribution is 2.23. The zero-order valence-electron chi connectivity index (χ0n) is 18.3. The Morgan fingerprint density at radius 3 is 2.27 bits per heavy atom. The van der Waals surface area contributed by atoms with Gasteiger partial charge in [-0.3, -0.25) is 9.59 Å². The molecule has 8 nitrogen and oxygen atoms in total. The topological polar surface area (TPSA) is 92.6 Å². The molecule has 1 aromatic heterocycles. The molecule has 2 heterocycles. The van der Waals surface area contributed by atoms with Gasteiger partial charge in [0.15, 0.2) is 9.84 Å². The van der Waals surface area contributed by atoms with E-state index in [-0.39, 0.29) is 35.4 Å². The minimum Gasteiger partial charge on any atom is -0.339 e. The lowest BCUT2D eigenvalue weighted by Gasteiger charge is -2.35. The van der Waals surface area contributed by atoms with Crippen LogP contribution in [0, 0.1) is 6.92 Å². The lowest BCUT2D eigenvalue weighted by molar-refractivity contribution is -0.139. The molecule has 1 aliphatic rings. The van der Waals surface area contributed by atoms with Crippen LogP contribution in [0.3, 0.4) is 0 Å². The summed E-state index contributed by atoms with van der Waals surface area (Å²) in [5, 5.41) is 2.22. The van der Waals surface area contributed by atoms with E-state index in [0.717, 1.165) is 16.6 Å². The van der Waals surface area contributed by atoms with Gasteiger partial charge in [-0.1, -0.05) is 23.7 Å². The molecule has 0 unspecified atom stereocenters. The Balaban J connectivity index is 1.30. The lowest BCUT2D eigenvalue weighted by Crippen LogP contribution is -2.51. The third-order valence-corrected chi connectivity index (χ3v) is 7.88. The van der Waals surface area contributed by atoms with Crippen molar-refractivity contribution >= 4 is 44.0 Å². The Morgan fingerprint density at radius 2 is 1.61 bits per heavy atom. The Labute approximate surface area is 197 Å². The average molecular weight is 489 g/mol. The van der Waals surface area contributed by atoms with Crippen molar-refractivity contribution < 1.29 is 18.0 Å². The first-order valence-corrected chi connectivity index (χ1v) is 12.7. The predicted molar refractivity (Wildman–Crippen MR) is 126 cm³/mol. The van der Waals surface area contributed by atoms with Gasteiger partial charge in [-0.15, -0.1) is 0 Å². The third kappa shape index (κ3) is 5.36. The molecule has 2 aromatic carbocycles. The van der Waals surface area contributed by atoms with Gasteiger partial charge in [0.05, 0.1) is 10.6 Å². The van der Waals surface area contributed by atoms with E-state index in [2.05, 4.69) is 4.98 Å². The average Bonchev–Trinajstić information content (AvgIpc) is 3.21. The maximum Gasteiger partial charge on any atom is 0.242 e. The van der Waals surface area contributed by atoms with Gasteiger partial charge in [0.25, 0.3) is 0 Å². The van der Waals surface area contributed by atoms with Crippen molar-refractivity contribution in [2.75, 3.05) is 31.9 Å². The van der Waals surface area contributed by atoms with E-state index in [4.69, 9.17) is 11.6 Å². The normalized spacial score (nSPS) is 14.6. The summed E-state index contributed by atoms with van der Waals surface area (Å²) < 4.78 is 27.4. The number of sulfone groups is 1. The zero-order chi connectivity index (χ0) is 23.6. The summed E-state index contributed by atoms with van der Waals surface area (Å²) in [6.45, 7) is 3.70. The number of fused-ring (bicyclic) bond motifs is 1. The Morgan fingerprint density at radius 1 is 0.970 bits per heavy atom. The lowest BCUT2D eigenvalue weighted by atomic mass is 10.1. The van der Waals surface area contributed by atoms with Gasteiger partial charge in [-0.25, -0.2) is 13.4 Å². The summed E-state index contributed by atoms with van der Waals surface area (Å²) >= 11 is 5.99. The van der Waals surface area contributed by atoms with Crippen molar-refractivity contribution in [1.82, 2.24) is 19.4 Å². The van der Waals surface area contributed by atoms with Crippen LogP contribution in [0.25, 0.3) is 10.8 Å². The van der Waals surface area contributed by atoms with Gasteiger partial charge < -0.3 is 14.4 Å². The number of amides is 2. The molecule has 1 fully saturated rings. The highest BCUT2D eigenvalue weighted by atomic mass is 35.5. The molecule has 10 heteroatoms. The number of rotatable bonds is 6. The molecular weight excluding hydrogens is 464 g/mol. The van der Waals surface area contributed by atoms with Gasteiger partial charge in [0, 0.05) is 50.0 Å². The van der Waals surface area contributed by atoms with Gasteiger partial charge in [0.2, 0.25) is 11.8 Å². The quantitative estimate of drug-likeness (QED) is 0.531. The van der Waals surface area contributed by atoms with Crippen LogP contribution in [-0.4, -0.2) is 71.5 Å². The maximum absolute atomic E-state index is 12.8. The number of hydrogen-bond acceptors (Lipinski definition) is 5. The number of nitrogens with zero attached hydrogens (tertiary/aromatic N) is 4. The number of aryl methyl sites for hydroxylation is 1. The van der Waals surface area contributed by atoms with Crippen molar-refractivity contribution in [3.05, 3.63) is 59.6 Å². The van der Waals surface area contributed by atoms with Gasteiger partial charge >= 0.3 is 0 Å². The first-order chi connectivity index (χ1) is 15.7. The van der Waals surface area contributed by atoms with Crippen molar-refractivity contribution in [2.24, 2.45) is 0 Å². The minimum atomic E-state index is -3.61. The fourth-order valence-electron chi connectivity index (χ4n) is 3.91. The van der Waals surface area contributed by atoms with Crippen LogP contribution in [0.5, 0.6) is 0 Å². The molecule has 174 valence electrons. The van der Waals surface area contributed by atoms with Crippen LogP contribution >= 0.6 is 11.6 Å². The third-order valence-electron chi connectivity index (χ3n) is 5.93. The first-order valence-electron chi connectivity index (χ1n) is 10.7. The maximum atomic E-state index is 12.8. The molecule has 0 aliphatic carbocycles. The predicted octanol–water partition coefficient (Wildman–Crippen LogP) is 2.53. The number of hydrogen-bond donors (Lipinski definition) is 0. The number of carbonyl (C=O) groups excluding carboxylic acids is 2. The SMILES string of the molecule is Cc1nccn1CC(=O)N1CCN(C(=O)CCS(=O)(=O)c2ccc3cc(Cl)ccc3c2)CC1. The van der Waals surface area contributed by atoms with Crippen LogP contribution in [0.2, 0.25) is 5.02 Å². The minimum absolute atomic E-state index is 0.0247. The van der Waals surface area contributed by atoms with Crippen molar-refractivity contribution in [3.63, 3.8) is 0 Å². The molecule has 0 bridgehead atoms. The summed E-state index contributed by atoms with van der Waals surface area (Å²) in [6, 6.07) is 10.1. The summed E-state index contributed by atoms with van der Waals surface area (Å²) in [5.74, 6) is 0.268. The molecule has 0 spiro atoms. The summed E-state index contributed by atoms with van der Waals surface area (Å²) in [4.78, 5) is 32.8. The van der Waals surface area contributed by atoms with E-state index in [0.29, 0.717) is 31.2 Å². The van der Waals surface area contributed by atoms with E-state index in [9.17, 15) is 18.0 Å². The highest BCUT2D eigenvalue weighted by Gasteiger charge is 2.26. The second-order valence-electron chi connectivity index (χ2n) is 8.09. The summed E-state index contributed by atoms with van der Waals surface area (Å²) in [6.07, 6.45) is 3.32. The van der Waals surface area contributed by atoms with E-state index in [1.54, 1.807) is 63.2 Å². The summed E-state index contributed by atoms with van der Waals surface area (Å²) in [7, 11) is -3.61. The molecule has 2 amide bonds. The first kappa shape index (κ1) is 23.3. The van der Waals surface area contributed by atoms with Crippen molar-refractivity contribution in [3.8, 4) is 0 Å². The Bertz CT molecular complexity index is 1300. The molecule has 1 aliphatic heterocycles. The van der Waals surface area contributed by atoms with Gasteiger partial charge in [-0.2, -0.15) is 0 Å². The smallest absolute Gasteiger partial charge is 0.242 e. The molecule has 0 saturated carbocycles. The van der Waals surface area contributed by atoms with Gasteiger partial charge in [0.1, 0.15) is 12.4 Å². The number of aromatic nitrogens is 2. The fourth-order valence-corrected chi connectivity index (χ4v) is 5.35. The molecule has 1 saturated heterocycles. The molecular formula is C23H25ClN4O4S. The number of halogens is 1. The molecule has 3 aromatic rings. The number of benzene rings is 2. The monoisotopic (exact) mass is 488 g/mol. The Hall–Kier alpha value is -2.91. The zero-order valence-corrected chi connectivity index (χ0v) is 19.8. The molecule has 0 N–H and O–H groups in total. The standard InChI is InChI=1S/C23H25ClN4O4S/c1-17-25-7-8-28(17)16-23(30)27-11-9-26(10-12-27)22(29)6-13-33(31,32)21-5-3-18-14-20(24)4-2-19(18)15-21/h2-5,7-8,14-15H,6,9-13,16H2,1H3. The fraction of sp³-hybridized carbons (Fsp3) is 0.348.